The van der Waals surface area contributed by atoms with Gasteiger partial charge in [0.15, 0.2) is 0 Å². The summed E-state index contributed by atoms with van der Waals surface area (Å²) in [5, 5.41) is 11.7. The van der Waals surface area contributed by atoms with Crippen molar-refractivity contribution in [3.63, 3.8) is 0 Å². The number of rotatable bonds is 8. The molecule has 1 unspecified atom stereocenters. The molecule has 0 aliphatic rings. The average molecular weight is 259 g/mol. The van der Waals surface area contributed by atoms with E-state index in [1.165, 1.54) is 0 Å². The number of hydrogen-bond donors (Lipinski definition) is 2. The third kappa shape index (κ3) is 7.27. The molecule has 0 aromatic heterocycles. The maximum Gasteiger partial charge on any atom is 0.303 e. The molecule has 0 bridgehead atoms. The number of carboxylic acids is 1. The number of carbonyl (C=O) groups excluding carboxylic acids is 1. The molecule has 0 fully saturated rings. The Labute approximate surface area is 109 Å². The van der Waals surface area contributed by atoms with Gasteiger partial charge in [0.25, 0.3) is 0 Å². The Bertz CT molecular complexity index is 287. The predicted molar refractivity (Wildman–Crippen MR) is 69.3 cm³/mol. The summed E-state index contributed by atoms with van der Waals surface area (Å²) < 4.78 is 5.05. The monoisotopic (exact) mass is 259 g/mol. The summed E-state index contributed by atoms with van der Waals surface area (Å²) in [6, 6.07) is -0.0388. The first-order valence-corrected chi connectivity index (χ1v) is 6.18. The molecular formula is C13H25NO4. The van der Waals surface area contributed by atoms with E-state index >= 15 is 0 Å². The van der Waals surface area contributed by atoms with Gasteiger partial charge in [0, 0.05) is 13.5 Å². The van der Waals surface area contributed by atoms with Crippen molar-refractivity contribution in [2.45, 2.75) is 46.6 Å². The summed E-state index contributed by atoms with van der Waals surface area (Å²) in [7, 11) is 1.59. The van der Waals surface area contributed by atoms with E-state index in [1.54, 1.807) is 21.0 Å². The summed E-state index contributed by atoms with van der Waals surface area (Å²) in [6.45, 7) is 8.03. The van der Waals surface area contributed by atoms with Crippen molar-refractivity contribution < 1.29 is 19.4 Å². The van der Waals surface area contributed by atoms with Crippen LogP contribution in [0.4, 0.5) is 0 Å². The SMILES string of the molecule is COCC(NC(=O)CC(C)(C)CC(=O)O)C(C)C. The number of carboxylic acid groups (broad SMARTS) is 1. The number of aliphatic carboxylic acids is 1. The van der Waals surface area contributed by atoms with Crippen molar-refractivity contribution in [1.29, 1.82) is 0 Å². The second-order valence-corrected chi connectivity index (χ2v) is 5.78. The minimum atomic E-state index is -0.884. The smallest absolute Gasteiger partial charge is 0.303 e. The fraction of sp³-hybridized carbons (Fsp3) is 0.846. The first-order chi connectivity index (χ1) is 8.18. The van der Waals surface area contributed by atoms with Crippen LogP contribution in [0.3, 0.4) is 0 Å². The number of hydrogen-bond acceptors (Lipinski definition) is 3. The van der Waals surface area contributed by atoms with Crippen molar-refractivity contribution in [3.05, 3.63) is 0 Å². The molecule has 0 saturated carbocycles. The molecule has 0 radical (unpaired) electrons. The van der Waals surface area contributed by atoms with Gasteiger partial charge >= 0.3 is 5.97 Å². The second kappa shape index (κ2) is 7.36. The first-order valence-electron chi connectivity index (χ1n) is 6.18. The Morgan fingerprint density at radius 1 is 1.28 bits per heavy atom. The molecule has 2 N–H and O–H groups in total. The van der Waals surface area contributed by atoms with Gasteiger partial charge < -0.3 is 15.2 Å². The van der Waals surface area contributed by atoms with Gasteiger partial charge in [0.05, 0.1) is 19.1 Å². The highest BCUT2D eigenvalue weighted by Crippen LogP contribution is 2.24. The molecule has 18 heavy (non-hydrogen) atoms. The standard InChI is InChI=1S/C13H25NO4/c1-9(2)10(8-18-5)14-11(15)6-13(3,4)7-12(16)17/h9-10H,6-8H2,1-5H3,(H,14,15)(H,16,17). The van der Waals surface area contributed by atoms with Crippen LogP contribution in [-0.2, 0) is 14.3 Å². The highest BCUT2D eigenvalue weighted by atomic mass is 16.5. The van der Waals surface area contributed by atoms with Gasteiger partial charge in [-0.2, -0.15) is 0 Å². The number of ether oxygens (including phenoxy) is 1. The normalized spacial score (nSPS) is 13.4. The largest absolute Gasteiger partial charge is 0.481 e. The zero-order valence-corrected chi connectivity index (χ0v) is 11.9. The number of methoxy groups -OCH3 is 1. The van der Waals surface area contributed by atoms with E-state index in [1.807, 2.05) is 13.8 Å². The van der Waals surface area contributed by atoms with Gasteiger partial charge in [-0.1, -0.05) is 27.7 Å². The lowest BCUT2D eigenvalue weighted by Gasteiger charge is -2.26. The lowest BCUT2D eigenvalue weighted by Crippen LogP contribution is -2.43. The molecule has 0 saturated heterocycles. The molecule has 0 rings (SSSR count). The van der Waals surface area contributed by atoms with Crippen LogP contribution < -0.4 is 5.32 Å². The summed E-state index contributed by atoms with van der Waals surface area (Å²) in [6.07, 6.45) is 0.184. The van der Waals surface area contributed by atoms with Crippen LogP contribution in [0.1, 0.15) is 40.5 Å². The summed E-state index contributed by atoms with van der Waals surface area (Å²) in [5.41, 5.74) is -0.537. The van der Waals surface area contributed by atoms with E-state index in [2.05, 4.69) is 5.32 Å². The van der Waals surface area contributed by atoms with Gasteiger partial charge in [-0.05, 0) is 11.3 Å². The molecule has 0 aromatic rings. The molecule has 0 heterocycles. The Morgan fingerprint density at radius 2 is 1.83 bits per heavy atom. The van der Waals surface area contributed by atoms with E-state index < -0.39 is 11.4 Å². The Hall–Kier alpha value is -1.10. The van der Waals surface area contributed by atoms with E-state index in [-0.39, 0.29) is 30.7 Å². The van der Waals surface area contributed by atoms with Crippen molar-refractivity contribution in [2.24, 2.45) is 11.3 Å². The van der Waals surface area contributed by atoms with Crippen molar-refractivity contribution in [3.8, 4) is 0 Å². The Kier molecular flexibility index (Phi) is 6.91. The van der Waals surface area contributed by atoms with Crippen molar-refractivity contribution in [2.75, 3.05) is 13.7 Å². The van der Waals surface area contributed by atoms with Gasteiger partial charge in [0.1, 0.15) is 0 Å². The van der Waals surface area contributed by atoms with E-state index in [9.17, 15) is 9.59 Å². The highest BCUT2D eigenvalue weighted by Gasteiger charge is 2.26. The lowest BCUT2D eigenvalue weighted by atomic mass is 9.85. The first kappa shape index (κ1) is 16.9. The van der Waals surface area contributed by atoms with Crippen LogP contribution in [0.2, 0.25) is 0 Å². The topological polar surface area (TPSA) is 75.6 Å². The molecular weight excluding hydrogens is 234 g/mol. The average Bonchev–Trinajstić information content (AvgIpc) is 2.13. The maximum atomic E-state index is 11.9. The zero-order valence-electron chi connectivity index (χ0n) is 11.9. The van der Waals surface area contributed by atoms with Crippen LogP contribution in [0, 0.1) is 11.3 Å². The van der Waals surface area contributed by atoms with Crippen LogP contribution in [0.15, 0.2) is 0 Å². The minimum Gasteiger partial charge on any atom is -0.481 e. The van der Waals surface area contributed by atoms with Crippen LogP contribution in [-0.4, -0.2) is 36.7 Å². The Balaban J connectivity index is 4.35. The molecule has 1 amide bonds. The van der Waals surface area contributed by atoms with E-state index in [4.69, 9.17) is 9.84 Å². The fourth-order valence-electron chi connectivity index (χ4n) is 1.74. The van der Waals surface area contributed by atoms with Gasteiger partial charge in [-0.3, -0.25) is 9.59 Å². The van der Waals surface area contributed by atoms with Crippen LogP contribution >= 0.6 is 0 Å². The Morgan fingerprint density at radius 3 is 2.22 bits per heavy atom. The molecule has 0 spiro atoms. The molecule has 0 aliphatic carbocycles. The van der Waals surface area contributed by atoms with Gasteiger partial charge in [-0.15, -0.1) is 0 Å². The second-order valence-electron chi connectivity index (χ2n) is 5.78. The summed E-state index contributed by atoms with van der Waals surface area (Å²) >= 11 is 0. The maximum absolute atomic E-state index is 11.9. The minimum absolute atomic E-state index is 0.0168. The number of nitrogens with one attached hydrogen (secondary N) is 1. The predicted octanol–water partition coefficient (Wildman–Crippen LogP) is 1.66. The van der Waals surface area contributed by atoms with E-state index in [0.29, 0.717) is 6.61 Å². The van der Waals surface area contributed by atoms with Gasteiger partial charge in [-0.25, -0.2) is 0 Å². The molecule has 0 aromatic carbocycles. The van der Waals surface area contributed by atoms with Crippen molar-refractivity contribution >= 4 is 11.9 Å². The highest BCUT2D eigenvalue weighted by molar-refractivity contribution is 5.78. The lowest BCUT2D eigenvalue weighted by molar-refractivity contribution is -0.139. The summed E-state index contributed by atoms with van der Waals surface area (Å²) in [5.74, 6) is -0.737. The number of amides is 1. The van der Waals surface area contributed by atoms with Crippen LogP contribution in [0.25, 0.3) is 0 Å². The molecule has 5 nitrogen and oxygen atoms in total. The van der Waals surface area contributed by atoms with Crippen molar-refractivity contribution in [1.82, 2.24) is 5.32 Å². The fourth-order valence-corrected chi connectivity index (χ4v) is 1.74. The summed E-state index contributed by atoms with van der Waals surface area (Å²) in [4.78, 5) is 22.5. The third-order valence-electron chi connectivity index (χ3n) is 2.77. The van der Waals surface area contributed by atoms with Crippen LogP contribution in [0.5, 0.6) is 0 Å². The molecule has 1 atom stereocenters. The molecule has 5 heteroatoms. The third-order valence-corrected chi connectivity index (χ3v) is 2.77. The quantitative estimate of drug-likeness (QED) is 0.695. The molecule has 106 valence electrons. The van der Waals surface area contributed by atoms with E-state index in [0.717, 1.165) is 0 Å². The molecule has 0 aliphatic heterocycles. The van der Waals surface area contributed by atoms with Gasteiger partial charge in [0.2, 0.25) is 5.91 Å². The number of carbonyl (C=O) groups is 2. The zero-order chi connectivity index (χ0) is 14.3.